The molecule has 0 spiro atoms. The largest absolute Gasteiger partial charge is 0.449 e. The van der Waals surface area contributed by atoms with E-state index in [0.29, 0.717) is 30.7 Å². The van der Waals surface area contributed by atoms with Gasteiger partial charge in [-0.3, -0.25) is 14.6 Å². The van der Waals surface area contributed by atoms with Crippen molar-refractivity contribution in [3.8, 4) is 0 Å². The highest BCUT2D eigenvalue weighted by Crippen LogP contribution is 2.42. The second-order valence-electron chi connectivity index (χ2n) is 12.2. The highest BCUT2D eigenvalue weighted by Gasteiger charge is 2.34. The number of Topliss-reactive ketones (excluding diaryl/α,β-unsaturated/α-hetero) is 1. The molecule has 0 bridgehead atoms. The molecule has 0 aliphatic heterocycles. The molecule has 4 N–H and O–H groups in total. The molecule has 9 nitrogen and oxygen atoms in total. The summed E-state index contributed by atoms with van der Waals surface area (Å²) in [6.45, 7) is 5.75. The summed E-state index contributed by atoms with van der Waals surface area (Å²) in [4.78, 5) is 41.6. The van der Waals surface area contributed by atoms with Crippen LogP contribution in [0, 0.1) is 5.92 Å². The molecular weight excluding hydrogens is 683 g/mol. The van der Waals surface area contributed by atoms with E-state index in [-0.39, 0.29) is 30.6 Å². The number of ketones is 1. The number of aromatic nitrogens is 1. The van der Waals surface area contributed by atoms with E-state index in [1.54, 1.807) is 39.9 Å². The molecule has 1 aromatic rings. The summed E-state index contributed by atoms with van der Waals surface area (Å²) >= 11 is 0. The molecular formula is C40H59N3O6S2. The van der Waals surface area contributed by atoms with Gasteiger partial charge in [0.15, 0.2) is 5.78 Å². The molecule has 1 rings (SSSR count). The minimum Gasteiger partial charge on any atom is -0.449 e. The first-order valence-corrected chi connectivity index (χ1v) is 20.1. The van der Waals surface area contributed by atoms with Crippen LogP contribution in [0.2, 0.25) is 0 Å². The Hall–Kier alpha value is -3.38. The smallest absolute Gasteiger partial charge is 0.407 e. The third-order valence-corrected chi connectivity index (χ3v) is 10.9. The first-order valence-electron chi connectivity index (χ1n) is 17.8. The number of allylic oxidation sites excluding steroid dienone is 12. The Morgan fingerprint density at radius 2 is 1.45 bits per heavy atom. The molecule has 0 aromatic carbocycles. The molecule has 282 valence electrons. The van der Waals surface area contributed by atoms with Crippen LogP contribution in [-0.4, -0.2) is 75.9 Å². The van der Waals surface area contributed by atoms with Crippen LogP contribution in [0.4, 0.5) is 4.79 Å². The number of aliphatic hydroxyl groups is 2. The van der Waals surface area contributed by atoms with Crippen molar-refractivity contribution < 1.29 is 29.3 Å². The number of rotatable bonds is 28. The summed E-state index contributed by atoms with van der Waals surface area (Å²) < 4.78 is 4.92. The fourth-order valence-corrected chi connectivity index (χ4v) is 7.02. The third-order valence-electron chi connectivity index (χ3n) is 7.49. The lowest BCUT2D eigenvalue weighted by molar-refractivity contribution is -0.120. The number of nitrogens with zero attached hydrogens (tertiary/aromatic N) is 1. The highest BCUT2D eigenvalue weighted by atomic mass is 33.1. The van der Waals surface area contributed by atoms with Gasteiger partial charge in [0.05, 0.1) is 25.9 Å². The second-order valence-corrected chi connectivity index (χ2v) is 15.3. The maximum absolute atomic E-state index is 13.0. The van der Waals surface area contributed by atoms with E-state index in [1.807, 2.05) is 19.9 Å². The van der Waals surface area contributed by atoms with E-state index >= 15 is 0 Å². The Balaban J connectivity index is 2.32. The van der Waals surface area contributed by atoms with E-state index < -0.39 is 30.1 Å². The number of carbonyl (C=O) groups excluding carboxylic acids is 3. The fourth-order valence-electron chi connectivity index (χ4n) is 4.34. The van der Waals surface area contributed by atoms with Gasteiger partial charge in [0.25, 0.3) is 0 Å². The van der Waals surface area contributed by atoms with Gasteiger partial charge in [-0.1, -0.05) is 101 Å². The zero-order valence-electron chi connectivity index (χ0n) is 30.6. The maximum atomic E-state index is 13.0. The van der Waals surface area contributed by atoms with Crippen LogP contribution in [0.5, 0.6) is 0 Å². The van der Waals surface area contributed by atoms with E-state index in [4.69, 9.17) is 4.74 Å². The predicted octanol–water partition coefficient (Wildman–Crippen LogP) is 8.10. The van der Waals surface area contributed by atoms with Crippen LogP contribution in [0.25, 0.3) is 0 Å². The SMILES string of the molecule is CC/C=C\C/C=C\C/C=C\C/C=C\C/C=C\C/C=C\CCC(=O)NCCSSC(C)(C)[C@@H](COC(=O)NC(CO)CO)CC(=O)c1cccnc1. The normalized spacial score (nSPS) is 13.1. The van der Waals surface area contributed by atoms with Gasteiger partial charge in [-0.15, -0.1) is 0 Å². The Morgan fingerprint density at radius 1 is 0.882 bits per heavy atom. The maximum Gasteiger partial charge on any atom is 0.407 e. The zero-order valence-corrected chi connectivity index (χ0v) is 32.2. The third kappa shape index (κ3) is 24.4. The standard InChI is InChI=1S/C40H59N3O6S2/c1-4-5-6-7-8-9-10-11-12-13-14-15-16-17-18-19-20-21-22-25-38(47)42-27-28-50-51-40(2,3)35(29-37(46)34-24-23-26-41-30-34)33-49-39(48)43-36(31-44)32-45/h5-6,8-9,11-12,14-15,17-18,20-21,23-24,26,30,35-36,44-45H,4,7,10,13,16,19,22,25,27-29,31-33H2,1-3H3,(H,42,47)(H,43,48)/b6-5-,9-8-,12-11-,15-14-,18-17-,21-20-/t35-/m1/s1. The number of aliphatic hydroxyl groups excluding tert-OH is 2. The molecule has 0 unspecified atom stereocenters. The lowest BCUT2D eigenvalue weighted by Gasteiger charge is -2.32. The van der Waals surface area contributed by atoms with Crippen LogP contribution in [0.15, 0.2) is 97.4 Å². The van der Waals surface area contributed by atoms with Crippen molar-refractivity contribution in [1.82, 2.24) is 15.6 Å². The van der Waals surface area contributed by atoms with Gasteiger partial charge in [-0.25, -0.2) is 4.79 Å². The summed E-state index contributed by atoms with van der Waals surface area (Å²) in [5.74, 6) is 0.214. The molecule has 0 saturated heterocycles. The summed E-state index contributed by atoms with van der Waals surface area (Å²) in [5.41, 5.74) is 0.479. The van der Waals surface area contributed by atoms with Crippen molar-refractivity contribution in [3.63, 3.8) is 0 Å². The first kappa shape index (κ1) is 45.6. The van der Waals surface area contributed by atoms with Crippen LogP contribution in [0.3, 0.4) is 0 Å². The van der Waals surface area contributed by atoms with Crippen molar-refractivity contribution in [1.29, 1.82) is 0 Å². The molecule has 1 heterocycles. The number of hydrogen-bond acceptors (Lipinski definition) is 9. The van der Waals surface area contributed by atoms with E-state index in [2.05, 4.69) is 89.4 Å². The van der Waals surface area contributed by atoms with E-state index in [0.717, 1.165) is 38.5 Å². The van der Waals surface area contributed by atoms with Crippen molar-refractivity contribution >= 4 is 39.4 Å². The summed E-state index contributed by atoms with van der Waals surface area (Å²) in [6.07, 6.45) is 35.3. The number of alkyl carbamates (subject to hydrolysis) is 1. The minimum atomic E-state index is -0.827. The van der Waals surface area contributed by atoms with Gasteiger partial charge in [-0.2, -0.15) is 0 Å². The molecule has 11 heteroatoms. The van der Waals surface area contributed by atoms with Gasteiger partial charge in [-0.05, 0) is 70.9 Å². The molecule has 0 radical (unpaired) electrons. The molecule has 0 fully saturated rings. The number of amides is 2. The number of pyridine rings is 1. The number of ether oxygens (including phenoxy) is 1. The molecule has 51 heavy (non-hydrogen) atoms. The quantitative estimate of drug-likeness (QED) is 0.0291. The van der Waals surface area contributed by atoms with Gasteiger partial charge < -0.3 is 25.6 Å². The molecule has 1 atom stereocenters. The number of nitrogens with one attached hydrogen (secondary N) is 2. The minimum absolute atomic E-state index is 0.00260. The number of carbonyl (C=O) groups is 3. The Bertz CT molecular complexity index is 1270. The van der Waals surface area contributed by atoms with Crippen LogP contribution in [-0.2, 0) is 9.53 Å². The lowest BCUT2D eigenvalue weighted by Crippen LogP contribution is -2.42. The number of hydrogen-bond donors (Lipinski definition) is 4. The lowest BCUT2D eigenvalue weighted by atomic mass is 9.89. The highest BCUT2D eigenvalue weighted by molar-refractivity contribution is 8.77. The first-order chi connectivity index (χ1) is 24.7. The van der Waals surface area contributed by atoms with Crippen molar-refractivity contribution in [2.24, 2.45) is 5.92 Å². The summed E-state index contributed by atoms with van der Waals surface area (Å²) in [6, 6.07) is 2.57. The van der Waals surface area contributed by atoms with Gasteiger partial charge in [0.2, 0.25) is 5.91 Å². The van der Waals surface area contributed by atoms with Crippen molar-refractivity contribution in [2.45, 2.75) is 89.3 Å². The Labute approximate surface area is 313 Å². The fraction of sp³-hybridized carbons (Fsp3) is 0.500. The topological polar surface area (TPSA) is 138 Å². The van der Waals surface area contributed by atoms with Crippen LogP contribution >= 0.6 is 21.6 Å². The average molecular weight is 742 g/mol. The molecule has 0 saturated carbocycles. The Morgan fingerprint density at radius 3 is 1.98 bits per heavy atom. The molecule has 2 amide bonds. The molecule has 0 aliphatic carbocycles. The molecule has 0 aliphatic rings. The zero-order chi connectivity index (χ0) is 37.4. The van der Waals surface area contributed by atoms with Gasteiger partial charge in [0, 0.05) is 53.8 Å². The van der Waals surface area contributed by atoms with Crippen LogP contribution < -0.4 is 10.6 Å². The van der Waals surface area contributed by atoms with Gasteiger partial charge >= 0.3 is 6.09 Å². The second kappa shape index (κ2) is 30.3. The Kier molecular flexibility index (Phi) is 27.1. The van der Waals surface area contributed by atoms with Crippen molar-refractivity contribution in [2.75, 3.05) is 32.1 Å². The average Bonchev–Trinajstić information content (AvgIpc) is 3.13. The van der Waals surface area contributed by atoms with E-state index in [1.165, 1.54) is 6.20 Å². The van der Waals surface area contributed by atoms with Crippen molar-refractivity contribution in [3.05, 3.63) is 103 Å². The summed E-state index contributed by atoms with van der Waals surface area (Å²) in [7, 11) is 3.15. The van der Waals surface area contributed by atoms with E-state index in [9.17, 15) is 24.6 Å². The molecule has 1 aromatic heterocycles. The van der Waals surface area contributed by atoms with Gasteiger partial charge in [0.1, 0.15) is 0 Å². The predicted molar refractivity (Wildman–Crippen MR) is 214 cm³/mol. The monoisotopic (exact) mass is 741 g/mol. The summed E-state index contributed by atoms with van der Waals surface area (Å²) in [5, 5.41) is 23.8. The van der Waals surface area contributed by atoms with Crippen LogP contribution in [0.1, 0.15) is 88.9 Å².